The lowest BCUT2D eigenvalue weighted by atomic mass is 10.3. The zero-order valence-electron chi connectivity index (χ0n) is 11.2. The molecule has 2 aromatic rings. The molecule has 0 aliphatic heterocycles. The third kappa shape index (κ3) is 3.80. The summed E-state index contributed by atoms with van der Waals surface area (Å²) in [5.41, 5.74) is 2.08. The second-order valence-electron chi connectivity index (χ2n) is 4.05. The maximum atomic E-state index is 4.25. The fourth-order valence-corrected chi connectivity index (χ4v) is 1.65. The number of nitrogens with one attached hydrogen (secondary N) is 2. The Morgan fingerprint density at radius 3 is 2.68 bits per heavy atom. The number of rotatable bonds is 4. The third-order valence-corrected chi connectivity index (χ3v) is 2.75. The Labute approximate surface area is 112 Å². The molecule has 100 valence electrons. The molecule has 2 rings (SSSR count). The van der Waals surface area contributed by atoms with Crippen LogP contribution in [0.25, 0.3) is 0 Å². The van der Waals surface area contributed by atoms with E-state index in [2.05, 4.69) is 25.7 Å². The van der Waals surface area contributed by atoms with Crippen LogP contribution in [0.1, 0.15) is 11.4 Å². The Hall–Kier alpha value is -2.37. The zero-order valence-corrected chi connectivity index (χ0v) is 11.2. The second kappa shape index (κ2) is 6.53. The Morgan fingerprint density at radius 2 is 2.05 bits per heavy atom. The maximum absolute atomic E-state index is 4.25. The highest BCUT2D eigenvalue weighted by Crippen LogP contribution is 1.95. The highest BCUT2D eigenvalue weighted by atomic mass is 15.3. The molecule has 0 aliphatic rings. The number of hydrogen-bond donors (Lipinski definition) is 2. The predicted molar refractivity (Wildman–Crippen MR) is 74.5 cm³/mol. The van der Waals surface area contributed by atoms with Crippen molar-refractivity contribution in [1.29, 1.82) is 0 Å². The topological polar surface area (TPSA) is 67.1 Å². The van der Waals surface area contributed by atoms with Crippen molar-refractivity contribution in [2.24, 2.45) is 12.0 Å². The van der Waals surface area contributed by atoms with Crippen LogP contribution in [0, 0.1) is 0 Å². The van der Waals surface area contributed by atoms with Crippen molar-refractivity contribution in [2.45, 2.75) is 13.1 Å². The lowest BCUT2D eigenvalue weighted by molar-refractivity contribution is 0.683. The van der Waals surface area contributed by atoms with Gasteiger partial charge >= 0.3 is 0 Å². The van der Waals surface area contributed by atoms with Gasteiger partial charge in [0, 0.05) is 26.5 Å². The summed E-state index contributed by atoms with van der Waals surface area (Å²) in [5, 5.41) is 10.6. The van der Waals surface area contributed by atoms with Crippen LogP contribution in [0.5, 0.6) is 0 Å². The van der Waals surface area contributed by atoms with Gasteiger partial charge in [-0.1, -0.05) is 6.07 Å². The molecule has 0 unspecified atom stereocenters. The summed E-state index contributed by atoms with van der Waals surface area (Å²) >= 11 is 0. The van der Waals surface area contributed by atoms with Crippen LogP contribution in [0.3, 0.4) is 0 Å². The molecule has 0 spiro atoms. The van der Waals surface area contributed by atoms with E-state index in [0.717, 1.165) is 17.3 Å². The minimum atomic E-state index is 0.645. The summed E-state index contributed by atoms with van der Waals surface area (Å²) in [6.07, 6.45) is 3.56. The molecule has 2 heterocycles. The summed E-state index contributed by atoms with van der Waals surface area (Å²) < 4.78 is 1.83. The molecule has 0 saturated carbocycles. The summed E-state index contributed by atoms with van der Waals surface area (Å²) in [7, 11) is 3.66. The van der Waals surface area contributed by atoms with Gasteiger partial charge in [-0.25, -0.2) is 0 Å². The van der Waals surface area contributed by atoms with Crippen molar-refractivity contribution in [3.05, 3.63) is 48.0 Å². The summed E-state index contributed by atoms with van der Waals surface area (Å²) in [6, 6.07) is 7.81. The Kier molecular flexibility index (Phi) is 4.49. The van der Waals surface area contributed by atoms with E-state index in [9.17, 15) is 0 Å². The van der Waals surface area contributed by atoms with Gasteiger partial charge in [0.15, 0.2) is 5.96 Å². The monoisotopic (exact) mass is 258 g/mol. The number of guanidine groups is 1. The van der Waals surface area contributed by atoms with Crippen LogP contribution >= 0.6 is 0 Å². The van der Waals surface area contributed by atoms with Crippen molar-refractivity contribution in [1.82, 2.24) is 25.4 Å². The average Bonchev–Trinajstić information content (AvgIpc) is 2.86. The fraction of sp³-hybridized carbons (Fsp3) is 0.308. The largest absolute Gasteiger partial charge is 0.351 e. The molecule has 0 fully saturated rings. The molecule has 6 nitrogen and oxygen atoms in total. The number of hydrogen-bond acceptors (Lipinski definition) is 3. The number of aromatic nitrogens is 3. The molecule has 0 atom stereocenters. The van der Waals surface area contributed by atoms with Gasteiger partial charge in [-0.2, -0.15) is 5.10 Å². The van der Waals surface area contributed by atoms with Gasteiger partial charge in [0.05, 0.1) is 24.5 Å². The summed E-state index contributed by atoms with van der Waals surface area (Å²) in [5.74, 6) is 0.742. The molecule has 0 amide bonds. The molecule has 19 heavy (non-hydrogen) atoms. The quantitative estimate of drug-likeness (QED) is 0.625. The van der Waals surface area contributed by atoms with Crippen molar-refractivity contribution in [3.8, 4) is 0 Å². The molecule has 0 aliphatic carbocycles. The van der Waals surface area contributed by atoms with Gasteiger partial charge in [0.25, 0.3) is 0 Å². The lowest BCUT2D eigenvalue weighted by Gasteiger charge is -2.11. The average molecular weight is 258 g/mol. The van der Waals surface area contributed by atoms with E-state index in [-0.39, 0.29) is 0 Å². The van der Waals surface area contributed by atoms with E-state index in [4.69, 9.17) is 0 Å². The van der Waals surface area contributed by atoms with Gasteiger partial charge < -0.3 is 10.6 Å². The minimum absolute atomic E-state index is 0.645. The molecule has 2 N–H and O–H groups in total. The summed E-state index contributed by atoms with van der Waals surface area (Å²) in [6.45, 7) is 1.32. The second-order valence-corrected chi connectivity index (χ2v) is 4.05. The Morgan fingerprint density at radius 1 is 1.21 bits per heavy atom. The third-order valence-electron chi connectivity index (χ3n) is 2.75. The van der Waals surface area contributed by atoms with Crippen LogP contribution < -0.4 is 10.6 Å². The fourth-order valence-electron chi connectivity index (χ4n) is 1.65. The Bertz CT molecular complexity index is 531. The van der Waals surface area contributed by atoms with E-state index in [1.807, 2.05) is 36.0 Å². The van der Waals surface area contributed by atoms with E-state index >= 15 is 0 Å². The number of pyridine rings is 1. The Balaban J connectivity index is 1.83. The minimum Gasteiger partial charge on any atom is -0.351 e. The molecule has 2 aromatic heterocycles. The zero-order chi connectivity index (χ0) is 13.5. The first-order valence-corrected chi connectivity index (χ1v) is 6.11. The van der Waals surface area contributed by atoms with Gasteiger partial charge in [-0.15, -0.1) is 0 Å². The van der Waals surface area contributed by atoms with Crippen LogP contribution in [-0.2, 0) is 20.1 Å². The summed E-state index contributed by atoms with van der Waals surface area (Å²) in [4.78, 5) is 8.42. The SMILES string of the molecule is CN=C(NCc1ccccn1)NCc1ccnn1C. The molecule has 0 radical (unpaired) electrons. The van der Waals surface area contributed by atoms with E-state index in [0.29, 0.717) is 13.1 Å². The number of aliphatic imine (C=N–C) groups is 1. The van der Waals surface area contributed by atoms with Crippen LogP contribution in [0.2, 0.25) is 0 Å². The van der Waals surface area contributed by atoms with E-state index in [1.54, 1.807) is 19.4 Å². The van der Waals surface area contributed by atoms with E-state index < -0.39 is 0 Å². The van der Waals surface area contributed by atoms with Gasteiger partial charge in [0.2, 0.25) is 0 Å². The molecule has 6 heteroatoms. The smallest absolute Gasteiger partial charge is 0.191 e. The maximum Gasteiger partial charge on any atom is 0.191 e. The van der Waals surface area contributed by atoms with Crippen LogP contribution in [-0.4, -0.2) is 27.8 Å². The van der Waals surface area contributed by atoms with Crippen LogP contribution in [0.15, 0.2) is 41.7 Å². The van der Waals surface area contributed by atoms with E-state index in [1.165, 1.54) is 0 Å². The van der Waals surface area contributed by atoms with Crippen LogP contribution in [0.4, 0.5) is 0 Å². The van der Waals surface area contributed by atoms with Gasteiger partial charge in [0.1, 0.15) is 0 Å². The molecule has 0 aromatic carbocycles. The van der Waals surface area contributed by atoms with Gasteiger partial charge in [-0.05, 0) is 18.2 Å². The first-order chi connectivity index (χ1) is 9.29. The lowest BCUT2D eigenvalue weighted by Crippen LogP contribution is -2.36. The van der Waals surface area contributed by atoms with Crippen molar-refractivity contribution in [2.75, 3.05) is 7.05 Å². The molecule has 0 saturated heterocycles. The van der Waals surface area contributed by atoms with Gasteiger partial charge in [-0.3, -0.25) is 14.7 Å². The first kappa shape index (κ1) is 13.1. The van der Waals surface area contributed by atoms with Crippen molar-refractivity contribution >= 4 is 5.96 Å². The highest BCUT2D eigenvalue weighted by molar-refractivity contribution is 5.79. The highest BCUT2D eigenvalue weighted by Gasteiger charge is 2.01. The van der Waals surface area contributed by atoms with Crippen molar-refractivity contribution in [3.63, 3.8) is 0 Å². The molecular formula is C13H18N6. The number of aryl methyl sites for hydroxylation is 1. The number of nitrogens with zero attached hydrogens (tertiary/aromatic N) is 4. The standard InChI is InChI=1S/C13H18N6/c1-14-13(16-9-11-5-3-4-7-15-11)17-10-12-6-8-18-19(12)2/h3-8H,9-10H2,1-2H3,(H2,14,16,17). The molecular weight excluding hydrogens is 240 g/mol. The first-order valence-electron chi connectivity index (χ1n) is 6.11. The molecule has 0 bridgehead atoms. The van der Waals surface area contributed by atoms with Crippen molar-refractivity contribution < 1.29 is 0 Å². The normalized spacial score (nSPS) is 11.4. The predicted octanol–water partition coefficient (Wildman–Crippen LogP) is 0.680.